The highest BCUT2D eigenvalue weighted by molar-refractivity contribution is 7.99. The molecule has 0 aromatic rings. The first-order chi connectivity index (χ1) is 9.28. The van der Waals surface area contributed by atoms with Gasteiger partial charge in [-0.1, -0.05) is 13.8 Å². The molecule has 1 aliphatic heterocycles. The van der Waals surface area contributed by atoms with Gasteiger partial charge in [-0.25, -0.2) is 4.79 Å². The van der Waals surface area contributed by atoms with Gasteiger partial charge in [0.15, 0.2) is 0 Å². The van der Waals surface area contributed by atoms with Gasteiger partial charge in [0.05, 0.1) is 6.42 Å². The van der Waals surface area contributed by atoms with E-state index in [4.69, 9.17) is 5.11 Å². The summed E-state index contributed by atoms with van der Waals surface area (Å²) in [5, 5.41) is 13.8. The average molecular weight is 302 g/mol. The molecule has 20 heavy (non-hydrogen) atoms. The Morgan fingerprint density at radius 1 is 1.20 bits per heavy atom. The minimum absolute atomic E-state index is 0.00718. The number of carbonyl (C=O) groups is 3. The highest BCUT2D eigenvalue weighted by atomic mass is 32.2. The number of hydrogen-bond donors (Lipinski definition) is 3. The standard InChI is InChI=1S/C13H22N2O4S/c1-13(2,8-11(17)18)7-10(16)15-12(19)14-9-3-5-20-6-4-9/h9H,3-8H2,1-2H3,(H,17,18)(H2,14,15,16,19). The van der Waals surface area contributed by atoms with Gasteiger partial charge in [0, 0.05) is 12.5 Å². The second-order valence-electron chi connectivity index (χ2n) is 5.82. The third-order valence-corrected chi connectivity index (χ3v) is 4.13. The summed E-state index contributed by atoms with van der Waals surface area (Å²) in [5.41, 5.74) is -0.669. The summed E-state index contributed by atoms with van der Waals surface area (Å²) >= 11 is 1.86. The lowest BCUT2D eigenvalue weighted by Gasteiger charge is -2.24. The summed E-state index contributed by atoms with van der Waals surface area (Å²) in [4.78, 5) is 34.1. The maximum absolute atomic E-state index is 11.7. The van der Waals surface area contributed by atoms with Crippen molar-refractivity contribution >= 4 is 29.7 Å². The van der Waals surface area contributed by atoms with E-state index < -0.39 is 23.3 Å². The van der Waals surface area contributed by atoms with Crippen LogP contribution >= 0.6 is 11.8 Å². The SMILES string of the molecule is CC(C)(CC(=O)O)CC(=O)NC(=O)NC1CCSCC1. The molecular formula is C13H22N2O4S. The van der Waals surface area contributed by atoms with E-state index in [2.05, 4.69) is 10.6 Å². The van der Waals surface area contributed by atoms with E-state index in [9.17, 15) is 14.4 Å². The lowest BCUT2D eigenvalue weighted by molar-refractivity contribution is -0.139. The Bertz CT molecular complexity index is 379. The van der Waals surface area contributed by atoms with Crippen LogP contribution in [0.3, 0.4) is 0 Å². The molecule has 6 nitrogen and oxygen atoms in total. The Balaban J connectivity index is 2.33. The van der Waals surface area contributed by atoms with E-state index in [1.807, 2.05) is 11.8 Å². The van der Waals surface area contributed by atoms with Crippen LogP contribution in [0.1, 0.15) is 39.5 Å². The fourth-order valence-corrected chi connectivity index (χ4v) is 3.25. The number of aliphatic carboxylic acids is 1. The molecule has 0 saturated carbocycles. The second-order valence-corrected chi connectivity index (χ2v) is 7.04. The first-order valence-electron chi connectivity index (χ1n) is 6.68. The number of thioether (sulfide) groups is 1. The zero-order chi connectivity index (χ0) is 15.2. The Kier molecular flexibility index (Phi) is 6.32. The van der Waals surface area contributed by atoms with Crippen LogP contribution in [0.5, 0.6) is 0 Å². The molecule has 0 spiro atoms. The molecule has 1 saturated heterocycles. The fraction of sp³-hybridized carbons (Fsp3) is 0.769. The predicted molar refractivity (Wildman–Crippen MR) is 77.7 cm³/mol. The van der Waals surface area contributed by atoms with Crippen LogP contribution in [0.15, 0.2) is 0 Å². The van der Waals surface area contributed by atoms with Crippen LogP contribution in [0, 0.1) is 5.41 Å². The highest BCUT2D eigenvalue weighted by Gasteiger charge is 2.26. The van der Waals surface area contributed by atoms with Gasteiger partial charge in [0.25, 0.3) is 0 Å². The minimum Gasteiger partial charge on any atom is -0.481 e. The summed E-state index contributed by atoms with van der Waals surface area (Å²) in [6.07, 6.45) is 1.72. The van der Waals surface area contributed by atoms with Gasteiger partial charge in [-0.2, -0.15) is 11.8 Å². The Hall–Kier alpha value is -1.24. The molecule has 1 fully saturated rings. The molecule has 1 rings (SSSR count). The van der Waals surface area contributed by atoms with Gasteiger partial charge >= 0.3 is 12.0 Å². The molecular weight excluding hydrogens is 280 g/mol. The smallest absolute Gasteiger partial charge is 0.321 e. The van der Waals surface area contributed by atoms with E-state index in [1.54, 1.807) is 13.8 Å². The summed E-state index contributed by atoms with van der Waals surface area (Å²) in [7, 11) is 0. The van der Waals surface area contributed by atoms with Crippen LogP contribution in [-0.4, -0.2) is 40.6 Å². The predicted octanol–water partition coefficient (Wildman–Crippen LogP) is 1.60. The van der Waals surface area contributed by atoms with E-state index in [0.29, 0.717) is 0 Å². The zero-order valence-electron chi connectivity index (χ0n) is 11.9. The third-order valence-electron chi connectivity index (χ3n) is 3.08. The van der Waals surface area contributed by atoms with Gasteiger partial charge in [-0.3, -0.25) is 14.9 Å². The number of carboxylic acid groups (broad SMARTS) is 1. The van der Waals surface area contributed by atoms with Gasteiger partial charge < -0.3 is 10.4 Å². The van der Waals surface area contributed by atoms with Crippen LogP contribution in [0.25, 0.3) is 0 Å². The molecule has 7 heteroatoms. The molecule has 0 aromatic heterocycles. The van der Waals surface area contributed by atoms with E-state index in [0.717, 1.165) is 24.3 Å². The van der Waals surface area contributed by atoms with Crippen molar-refractivity contribution in [3.8, 4) is 0 Å². The zero-order valence-corrected chi connectivity index (χ0v) is 12.7. The number of carbonyl (C=O) groups excluding carboxylic acids is 2. The van der Waals surface area contributed by atoms with Crippen LogP contribution in [0.4, 0.5) is 4.79 Å². The number of imide groups is 1. The monoisotopic (exact) mass is 302 g/mol. The highest BCUT2D eigenvalue weighted by Crippen LogP contribution is 2.24. The fourth-order valence-electron chi connectivity index (χ4n) is 2.14. The van der Waals surface area contributed by atoms with Crippen molar-refractivity contribution < 1.29 is 19.5 Å². The third kappa shape index (κ3) is 6.79. The summed E-state index contributed by atoms with van der Waals surface area (Å²) < 4.78 is 0. The van der Waals surface area contributed by atoms with Crippen LogP contribution in [-0.2, 0) is 9.59 Å². The van der Waals surface area contributed by atoms with Crippen molar-refractivity contribution in [2.75, 3.05) is 11.5 Å². The molecule has 1 aliphatic rings. The lowest BCUT2D eigenvalue weighted by atomic mass is 9.85. The van der Waals surface area contributed by atoms with Gasteiger partial charge in [-0.05, 0) is 29.8 Å². The first-order valence-corrected chi connectivity index (χ1v) is 7.84. The van der Waals surface area contributed by atoms with Crippen LogP contribution < -0.4 is 10.6 Å². The topological polar surface area (TPSA) is 95.5 Å². The van der Waals surface area contributed by atoms with E-state index >= 15 is 0 Å². The number of hydrogen-bond acceptors (Lipinski definition) is 4. The van der Waals surface area contributed by atoms with Crippen molar-refractivity contribution in [3.05, 3.63) is 0 Å². The Morgan fingerprint density at radius 3 is 2.35 bits per heavy atom. The van der Waals surface area contributed by atoms with Crippen molar-refractivity contribution in [2.45, 2.75) is 45.6 Å². The van der Waals surface area contributed by atoms with Crippen molar-refractivity contribution in [2.24, 2.45) is 5.41 Å². The molecule has 3 N–H and O–H groups in total. The summed E-state index contributed by atoms with van der Waals surface area (Å²) in [5.74, 6) is 0.639. The van der Waals surface area contributed by atoms with Gasteiger partial charge in [0.1, 0.15) is 0 Å². The minimum atomic E-state index is -0.952. The van der Waals surface area contributed by atoms with E-state index in [1.165, 1.54) is 0 Å². The number of rotatable bonds is 5. The number of carboxylic acids is 1. The number of nitrogens with one attached hydrogen (secondary N) is 2. The van der Waals surface area contributed by atoms with Gasteiger partial charge in [-0.15, -0.1) is 0 Å². The number of amides is 3. The molecule has 3 amide bonds. The second kappa shape index (κ2) is 7.52. The molecule has 0 atom stereocenters. The first kappa shape index (κ1) is 16.8. The van der Waals surface area contributed by atoms with Crippen LogP contribution in [0.2, 0.25) is 0 Å². The van der Waals surface area contributed by atoms with Gasteiger partial charge in [0.2, 0.25) is 5.91 Å². The van der Waals surface area contributed by atoms with Crippen molar-refractivity contribution in [1.29, 1.82) is 0 Å². The summed E-state index contributed by atoms with van der Waals surface area (Å²) in [6, 6.07) is -0.367. The molecule has 0 radical (unpaired) electrons. The Morgan fingerprint density at radius 2 is 1.80 bits per heavy atom. The quantitative estimate of drug-likeness (QED) is 0.717. The molecule has 0 unspecified atom stereocenters. The summed E-state index contributed by atoms with van der Waals surface area (Å²) in [6.45, 7) is 3.38. The Labute approximate surface area is 123 Å². The number of urea groups is 1. The maximum atomic E-state index is 11.7. The molecule has 0 aliphatic carbocycles. The van der Waals surface area contributed by atoms with Crippen molar-refractivity contribution in [1.82, 2.24) is 10.6 Å². The van der Waals surface area contributed by atoms with Crippen molar-refractivity contribution in [3.63, 3.8) is 0 Å². The van der Waals surface area contributed by atoms with E-state index in [-0.39, 0.29) is 18.9 Å². The molecule has 114 valence electrons. The molecule has 1 heterocycles. The largest absolute Gasteiger partial charge is 0.481 e. The maximum Gasteiger partial charge on any atom is 0.321 e. The normalized spacial score (nSPS) is 16.5. The lowest BCUT2D eigenvalue weighted by Crippen LogP contribution is -2.46. The molecule has 0 bridgehead atoms. The average Bonchev–Trinajstić information content (AvgIpc) is 2.26. The molecule has 0 aromatic carbocycles.